The fourth-order valence-electron chi connectivity index (χ4n) is 3.37. The molecule has 10 nitrogen and oxygen atoms in total. The van der Waals surface area contributed by atoms with Crippen molar-refractivity contribution in [3.05, 3.63) is 46.3 Å². The van der Waals surface area contributed by atoms with Crippen LogP contribution in [-0.2, 0) is 11.3 Å². The van der Waals surface area contributed by atoms with Crippen molar-refractivity contribution >= 4 is 17.6 Å². The standard InChI is InChI=1S/C17H17N5O5.C2H2/c1-9-2-5-27-12-8-21-7-10(16(25)20-11-6-18-3-4-19-11)14(23)15(24)13(21)17(26)22(9)12;1-2/h3-4,6-7,9,12,24H,2,5,8H2,1H3,(H,19,20,25);1-2H/t9-,12?;/m1./s1. The number of amides is 2. The lowest BCUT2D eigenvalue weighted by Crippen LogP contribution is -2.57. The lowest BCUT2D eigenvalue weighted by Gasteiger charge is -2.44. The molecule has 2 N–H and O–H groups in total. The van der Waals surface area contributed by atoms with Crippen LogP contribution < -0.4 is 10.7 Å². The van der Waals surface area contributed by atoms with E-state index in [9.17, 15) is 19.5 Å². The molecule has 2 aliphatic rings. The Balaban J connectivity index is 0.00000117. The number of ether oxygens (including phenoxy) is 1. The van der Waals surface area contributed by atoms with Crippen LogP contribution in [0.4, 0.5) is 5.82 Å². The molecule has 0 bridgehead atoms. The van der Waals surface area contributed by atoms with E-state index >= 15 is 0 Å². The second-order valence-corrected chi connectivity index (χ2v) is 6.44. The van der Waals surface area contributed by atoms with E-state index in [1.807, 2.05) is 6.92 Å². The van der Waals surface area contributed by atoms with Gasteiger partial charge in [0.05, 0.1) is 19.3 Å². The van der Waals surface area contributed by atoms with Gasteiger partial charge in [0.1, 0.15) is 5.56 Å². The highest BCUT2D eigenvalue weighted by molar-refractivity contribution is 6.05. The van der Waals surface area contributed by atoms with E-state index in [0.29, 0.717) is 13.0 Å². The first-order valence-corrected chi connectivity index (χ1v) is 8.78. The van der Waals surface area contributed by atoms with Crippen LogP contribution >= 0.6 is 0 Å². The van der Waals surface area contributed by atoms with Crippen LogP contribution in [0.3, 0.4) is 0 Å². The Kier molecular flexibility index (Phi) is 5.61. The molecule has 0 aliphatic carbocycles. The van der Waals surface area contributed by atoms with Gasteiger partial charge in [0, 0.05) is 24.6 Å². The number of hydrogen-bond acceptors (Lipinski definition) is 7. The summed E-state index contributed by atoms with van der Waals surface area (Å²) in [6.45, 7) is 2.61. The molecule has 0 spiro atoms. The van der Waals surface area contributed by atoms with Gasteiger partial charge in [0.2, 0.25) is 5.43 Å². The predicted molar refractivity (Wildman–Crippen MR) is 102 cm³/mol. The van der Waals surface area contributed by atoms with E-state index < -0.39 is 29.2 Å². The van der Waals surface area contributed by atoms with Gasteiger partial charge < -0.3 is 24.6 Å². The van der Waals surface area contributed by atoms with Crippen LogP contribution in [0.2, 0.25) is 0 Å². The molecule has 2 amide bonds. The van der Waals surface area contributed by atoms with Crippen LogP contribution in [0.25, 0.3) is 0 Å². The number of nitrogens with zero attached hydrogens (tertiary/aromatic N) is 4. The minimum absolute atomic E-state index is 0.0702. The van der Waals surface area contributed by atoms with Crippen LogP contribution in [0.1, 0.15) is 34.2 Å². The monoisotopic (exact) mass is 397 g/mol. The first kappa shape index (κ1) is 20.0. The largest absolute Gasteiger partial charge is 0.503 e. The fraction of sp³-hybridized carbons (Fsp3) is 0.316. The maximum Gasteiger partial charge on any atom is 0.276 e. The van der Waals surface area contributed by atoms with Gasteiger partial charge in [0.15, 0.2) is 23.5 Å². The molecule has 0 aromatic carbocycles. The minimum atomic E-state index is -0.917. The number of aromatic hydroxyl groups is 1. The average molecular weight is 397 g/mol. The number of fused-ring (bicyclic) bond motifs is 2. The van der Waals surface area contributed by atoms with Crippen LogP contribution in [-0.4, -0.2) is 55.2 Å². The number of rotatable bonds is 2. The van der Waals surface area contributed by atoms with Crippen molar-refractivity contribution in [2.45, 2.75) is 32.2 Å². The summed E-state index contributed by atoms with van der Waals surface area (Å²) < 4.78 is 7.04. The molecule has 0 saturated carbocycles. The lowest BCUT2D eigenvalue weighted by molar-refractivity contribution is -0.112. The maximum absolute atomic E-state index is 12.8. The van der Waals surface area contributed by atoms with Crippen molar-refractivity contribution in [1.29, 1.82) is 0 Å². The Morgan fingerprint density at radius 1 is 1.34 bits per heavy atom. The van der Waals surface area contributed by atoms with Gasteiger partial charge in [-0.3, -0.25) is 19.4 Å². The lowest BCUT2D eigenvalue weighted by atomic mass is 10.1. The van der Waals surface area contributed by atoms with Gasteiger partial charge in [0.25, 0.3) is 11.8 Å². The highest BCUT2D eigenvalue weighted by Crippen LogP contribution is 2.29. The fourth-order valence-corrected chi connectivity index (χ4v) is 3.37. The molecular weight excluding hydrogens is 378 g/mol. The molecule has 1 saturated heterocycles. The third-order valence-corrected chi connectivity index (χ3v) is 4.73. The molecule has 0 radical (unpaired) electrons. The third kappa shape index (κ3) is 3.55. The van der Waals surface area contributed by atoms with Crippen molar-refractivity contribution in [1.82, 2.24) is 19.4 Å². The molecule has 2 aliphatic heterocycles. The number of carbonyl (C=O) groups is 2. The molecule has 2 aromatic rings. The van der Waals surface area contributed by atoms with Crippen molar-refractivity contribution in [2.75, 3.05) is 11.9 Å². The molecule has 29 heavy (non-hydrogen) atoms. The van der Waals surface area contributed by atoms with Gasteiger partial charge in [-0.1, -0.05) is 0 Å². The highest BCUT2D eigenvalue weighted by Gasteiger charge is 2.41. The Morgan fingerprint density at radius 3 is 2.79 bits per heavy atom. The van der Waals surface area contributed by atoms with E-state index in [1.54, 1.807) is 0 Å². The number of anilines is 1. The number of pyridine rings is 1. The summed E-state index contributed by atoms with van der Waals surface area (Å²) in [5.41, 5.74) is -1.35. The predicted octanol–water partition coefficient (Wildman–Crippen LogP) is 0.436. The number of carbonyl (C=O) groups excluding carboxylic acids is 2. The summed E-state index contributed by atoms with van der Waals surface area (Å²) in [6, 6.07) is -0.0702. The first-order valence-electron chi connectivity index (χ1n) is 8.78. The molecule has 150 valence electrons. The molecule has 1 fully saturated rings. The maximum atomic E-state index is 12.8. The number of terminal acetylenes is 1. The van der Waals surface area contributed by atoms with Gasteiger partial charge in [-0.05, 0) is 13.3 Å². The smallest absolute Gasteiger partial charge is 0.276 e. The average Bonchev–Trinajstić information content (AvgIpc) is 2.72. The van der Waals surface area contributed by atoms with Crippen molar-refractivity contribution in [2.24, 2.45) is 0 Å². The second kappa shape index (κ2) is 8.12. The summed E-state index contributed by atoms with van der Waals surface area (Å²) in [5, 5.41) is 12.8. The van der Waals surface area contributed by atoms with Crippen molar-refractivity contribution in [3.63, 3.8) is 0 Å². The second-order valence-electron chi connectivity index (χ2n) is 6.44. The van der Waals surface area contributed by atoms with E-state index in [2.05, 4.69) is 28.1 Å². The topological polar surface area (TPSA) is 127 Å². The van der Waals surface area contributed by atoms with Crippen molar-refractivity contribution < 1.29 is 19.4 Å². The Morgan fingerprint density at radius 2 is 2.10 bits per heavy atom. The van der Waals surface area contributed by atoms with Crippen molar-refractivity contribution in [3.8, 4) is 18.6 Å². The Hall–Kier alpha value is -3.71. The quantitative estimate of drug-likeness (QED) is 0.704. The van der Waals surface area contributed by atoms with Gasteiger partial charge in [-0.15, -0.1) is 12.8 Å². The van der Waals surface area contributed by atoms with Gasteiger partial charge >= 0.3 is 0 Å². The third-order valence-electron chi connectivity index (χ3n) is 4.73. The zero-order valence-electron chi connectivity index (χ0n) is 15.6. The minimum Gasteiger partial charge on any atom is -0.503 e. The number of aromatic nitrogens is 3. The van der Waals surface area contributed by atoms with Gasteiger partial charge in [-0.2, -0.15) is 0 Å². The first-order chi connectivity index (χ1) is 14.0. The number of nitrogens with one attached hydrogen (secondary N) is 1. The molecule has 4 heterocycles. The van der Waals surface area contributed by atoms with E-state index in [4.69, 9.17) is 4.74 Å². The summed E-state index contributed by atoms with van der Waals surface area (Å²) in [5.74, 6) is -1.83. The molecule has 1 unspecified atom stereocenters. The summed E-state index contributed by atoms with van der Waals surface area (Å²) in [4.78, 5) is 47.0. The summed E-state index contributed by atoms with van der Waals surface area (Å²) in [6.07, 6.45) is 13.6. The molecule has 2 atom stereocenters. The van der Waals surface area contributed by atoms with Gasteiger partial charge in [-0.25, -0.2) is 4.98 Å². The molecule has 4 rings (SSSR count). The summed E-state index contributed by atoms with van der Waals surface area (Å²) >= 11 is 0. The molecule has 2 aromatic heterocycles. The zero-order chi connectivity index (χ0) is 21.1. The number of hydrogen-bond donors (Lipinski definition) is 2. The Bertz CT molecular complexity index is 1020. The van der Waals surface area contributed by atoms with E-state index in [-0.39, 0.29) is 29.7 Å². The van der Waals surface area contributed by atoms with Crippen LogP contribution in [0.5, 0.6) is 5.75 Å². The normalized spacial score (nSPS) is 20.0. The summed E-state index contributed by atoms with van der Waals surface area (Å²) in [7, 11) is 0. The van der Waals surface area contributed by atoms with E-state index in [0.717, 1.165) is 0 Å². The van der Waals surface area contributed by atoms with Crippen LogP contribution in [0.15, 0.2) is 29.6 Å². The Labute approximate surface area is 166 Å². The molecular formula is C19H19N5O5. The zero-order valence-corrected chi connectivity index (χ0v) is 15.6. The van der Waals surface area contributed by atoms with E-state index in [1.165, 1.54) is 34.3 Å². The van der Waals surface area contributed by atoms with Crippen LogP contribution in [0, 0.1) is 12.8 Å². The highest BCUT2D eigenvalue weighted by atomic mass is 16.5. The SMILES string of the molecule is C#C.C[C@@H]1CCOC2Cn3cc(C(=O)Nc4cnccn4)c(=O)c(O)c3C(=O)N21. The molecule has 10 heteroatoms.